The molecule has 0 radical (unpaired) electrons. The molecule has 2 aromatic rings. The van der Waals surface area contributed by atoms with Crippen LogP contribution in [0.5, 0.6) is 11.5 Å². The highest BCUT2D eigenvalue weighted by Gasteiger charge is 2.13. The molecule has 0 atom stereocenters. The fourth-order valence-electron chi connectivity index (χ4n) is 1.53. The van der Waals surface area contributed by atoms with Gasteiger partial charge in [-0.05, 0) is 19.1 Å². The van der Waals surface area contributed by atoms with E-state index >= 15 is 0 Å². The van der Waals surface area contributed by atoms with Gasteiger partial charge in [0, 0.05) is 6.07 Å². The summed E-state index contributed by atoms with van der Waals surface area (Å²) in [7, 11) is 3.01. The van der Waals surface area contributed by atoms with Crippen LogP contribution in [0.4, 0.5) is 0 Å². The van der Waals surface area contributed by atoms with Crippen LogP contribution in [0, 0.1) is 6.92 Å². The van der Waals surface area contributed by atoms with Crippen molar-refractivity contribution in [1.29, 1.82) is 0 Å². The average molecular weight is 278 g/mol. The van der Waals surface area contributed by atoms with Gasteiger partial charge >= 0.3 is 5.97 Å². The first kappa shape index (κ1) is 13.9. The van der Waals surface area contributed by atoms with Crippen LogP contribution < -0.4 is 9.47 Å². The number of hydrogen-bond donors (Lipinski definition) is 0. The Bertz CT molecular complexity index is 586. The van der Waals surface area contributed by atoms with Crippen molar-refractivity contribution in [3.8, 4) is 11.5 Å². The van der Waals surface area contributed by atoms with Gasteiger partial charge in [-0.2, -0.15) is 4.98 Å². The SMILES string of the molecule is COc1cc(OC)cc(C(=O)OCc2nc(C)no2)c1. The number of aryl methyl sites for hydroxylation is 1. The summed E-state index contributed by atoms with van der Waals surface area (Å²) in [6, 6.07) is 4.78. The van der Waals surface area contributed by atoms with Crippen molar-refractivity contribution in [2.75, 3.05) is 14.2 Å². The standard InChI is InChI=1S/C13H14N2O5/c1-8-14-12(20-15-8)7-19-13(16)9-4-10(17-2)6-11(5-9)18-3/h4-6H,7H2,1-3H3. The Kier molecular flexibility index (Phi) is 4.19. The molecule has 1 aromatic heterocycles. The number of aromatic nitrogens is 2. The van der Waals surface area contributed by atoms with Gasteiger partial charge in [-0.3, -0.25) is 0 Å². The first-order chi connectivity index (χ1) is 9.62. The van der Waals surface area contributed by atoms with Crippen LogP contribution in [0.2, 0.25) is 0 Å². The summed E-state index contributed by atoms with van der Waals surface area (Å²) < 4.78 is 20.1. The van der Waals surface area contributed by atoms with Crippen molar-refractivity contribution in [2.45, 2.75) is 13.5 Å². The predicted octanol–water partition coefficient (Wildman–Crippen LogP) is 1.75. The first-order valence-electron chi connectivity index (χ1n) is 5.81. The third-order valence-corrected chi connectivity index (χ3v) is 2.48. The minimum absolute atomic E-state index is 0.0841. The lowest BCUT2D eigenvalue weighted by molar-refractivity contribution is 0.0429. The molecule has 0 spiro atoms. The van der Waals surface area contributed by atoms with Crippen molar-refractivity contribution >= 4 is 5.97 Å². The molecule has 2 rings (SSSR count). The van der Waals surface area contributed by atoms with Crippen LogP contribution in [0.3, 0.4) is 0 Å². The number of ether oxygens (including phenoxy) is 3. The lowest BCUT2D eigenvalue weighted by atomic mass is 10.2. The molecule has 7 nitrogen and oxygen atoms in total. The maximum atomic E-state index is 11.9. The summed E-state index contributed by atoms with van der Waals surface area (Å²) in [5, 5.41) is 3.60. The molecular formula is C13H14N2O5. The molecule has 0 aliphatic heterocycles. The number of nitrogens with zero attached hydrogens (tertiary/aromatic N) is 2. The largest absolute Gasteiger partial charge is 0.497 e. The van der Waals surface area contributed by atoms with E-state index in [1.807, 2.05) is 0 Å². The summed E-state index contributed by atoms with van der Waals surface area (Å²) in [5.41, 5.74) is 0.317. The Morgan fingerprint density at radius 2 is 1.85 bits per heavy atom. The molecule has 0 saturated carbocycles. The molecule has 20 heavy (non-hydrogen) atoms. The van der Waals surface area contributed by atoms with E-state index in [4.69, 9.17) is 18.7 Å². The van der Waals surface area contributed by atoms with E-state index in [1.54, 1.807) is 25.1 Å². The van der Waals surface area contributed by atoms with Crippen molar-refractivity contribution < 1.29 is 23.5 Å². The number of carbonyl (C=O) groups excluding carboxylic acids is 1. The normalized spacial score (nSPS) is 10.2. The van der Waals surface area contributed by atoms with Crippen LogP contribution in [0.25, 0.3) is 0 Å². The molecule has 0 fully saturated rings. The Labute approximate surface area is 115 Å². The highest BCUT2D eigenvalue weighted by atomic mass is 16.6. The Hall–Kier alpha value is -2.57. The van der Waals surface area contributed by atoms with Crippen molar-refractivity contribution in [3.05, 3.63) is 35.5 Å². The van der Waals surface area contributed by atoms with E-state index in [1.165, 1.54) is 14.2 Å². The molecule has 7 heteroatoms. The number of rotatable bonds is 5. The molecule has 0 N–H and O–H groups in total. The number of carbonyl (C=O) groups is 1. The number of methoxy groups -OCH3 is 2. The van der Waals surface area contributed by atoms with Gasteiger partial charge in [0.2, 0.25) is 0 Å². The first-order valence-corrected chi connectivity index (χ1v) is 5.81. The van der Waals surface area contributed by atoms with Crippen molar-refractivity contribution in [1.82, 2.24) is 10.1 Å². The number of esters is 1. The number of benzene rings is 1. The van der Waals surface area contributed by atoms with Crippen molar-refractivity contribution in [3.63, 3.8) is 0 Å². The molecule has 1 heterocycles. The van der Waals surface area contributed by atoms with E-state index in [2.05, 4.69) is 10.1 Å². The Balaban J connectivity index is 2.08. The Morgan fingerprint density at radius 3 is 2.35 bits per heavy atom. The summed E-state index contributed by atoms with van der Waals surface area (Å²) in [6.45, 7) is 1.60. The van der Waals surface area contributed by atoms with Gasteiger partial charge < -0.3 is 18.7 Å². The molecule has 0 aliphatic rings. The minimum atomic E-state index is -0.530. The Morgan fingerprint density at radius 1 is 1.20 bits per heavy atom. The zero-order valence-corrected chi connectivity index (χ0v) is 11.4. The minimum Gasteiger partial charge on any atom is -0.497 e. The third kappa shape index (κ3) is 3.25. The maximum Gasteiger partial charge on any atom is 0.338 e. The fraction of sp³-hybridized carbons (Fsp3) is 0.308. The fourth-order valence-corrected chi connectivity index (χ4v) is 1.53. The zero-order chi connectivity index (χ0) is 14.5. The second-order valence-electron chi connectivity index (χ2n) is 3.91. The van der Waals surface area contributed by atoms with E-state index in [0.29, 0.717) is 22.9 Å². The molecule has 1 aromatic carbocycles. The second kappa shape index (κ2) is 6.05. The van der Waals surface area contributed by atoms with Crippen LogP contribution in [-0.4, -0.2) is 30.3 Å². The molecule has 0 saturated heterocycles. The van der Waals surface area contributed by atoms with Crippen LogP contribution in [-0.2, 0) is 11.3 Å². The van der Waals surface area contributed by atoms with Gasteiger partial charge in [0.05, 0.1) is 19.8 Å². The van der Waals surface area contributed by atoms with Gasteiger partial charge in [-0.1, -0.05) is 5.16 Å². The van der Waals surface area contributed by atoms with Crippen LogP contribution >= 0.6 is 0 Å². The monoisotopic (exact) mass is 278 g/mol. The maximum absolute atomic E-state index is 11.9. The van der Waals surface area contributed by atoms with E-state index in [9.17, 15) is 4.79 Å². The van der Waals surface area contributed by atoms with Crippen LogP contribution in [0.1, 0.15) is 22.1 Å². The highest BCUT2D eigenvalue weighted by Crippen LogP contribution is 2.23. The molecule has 0 bridgehead atoms. The molecule has 0 unspecified atom stereocenters. The molecule has 106 valence electrons. The van der Waals surface area contributed by atoms with Gasteiger partial charge in [-0.25, -0.2) is 4.79 Å². The lowest BCUT2D eigenvalue weighted by Crippen LogP contribution is -2.06. The summed E-state index contributed by atoms with van der Waals surface area (Å²) >= 11 is 0. The smallest absolute Gasteiger partial charge is 0.338 e. The average Bonchev–Trinajstić information content (AvgIpc) is 2.89. The third-order valence-electron chi connectivity index (χ3n) is 2.48. The van der Waals surface area contributed by atoms with Gasteiger partial charge in [0.15, 0.2) is 12.4 Å². The van der Waals surface area contributed by atoms with Gasteiger partial charge in [0.1, 0.15) is 11.5 Å². The lowest BCUT2D eigenvalue weighted by Gasteiger charge is -2.07. The molecule has 0 amide bonds. The summed E-state index contributed by atoms with van der Waals surface area (Å²) in [6.07, 6.45) is 0. The van der Waals surface area contributed by atoms with Gasteiger partial charge in [-0.15, -0.1) is 0 Å². The zero-order valence-electron chi connectivity index (χ0n) is 11.4. The van der Waals surface area contributed by atoms with E-state index < -0.39 is 5.97 Å². The summed E-state index contributed by atoms with van der Waals surface area (Å²) in [4.78, 5) is 15.9. The molecule has 0 aliphatic carbocycles. The molecular weight excluding hydrogens is 264 g/mol. The quantitative estimate of drug-likeness (QED) is 0.770. The second-order valence-corrected chi connectivity index (χ2v) is 3.91. The van der Waals surface area contributed by atoms with E-state index in [0.717, 1.165) is 0 Å². The van der Waals surface area contributed by atoms with Crippen molar-refractivity contribution in [2.24, 2.45) is 0 Å². The van der Waals surface area contributed by atoms with E-state index in [-0.39, 0.29) is 12.5 Å². The highest BCUT2D eigenvalue weighted by molar-refractivity contribution is 5.90. The topological polar surface area (TPSA) is 83.7 Å². The van der Waals surface area contributed by atoms with Crippen LogP contribution in [0.15, 0.2) is 22.7 Å². The summed E-state index contributed by atoms with van der Waals surface area (Å²) in [5.74, 6) is 1.21. The predicted molar refractivity (Wildman–Crippen MR) is 67.7 cm³/mol. The number of hydrogen-bond acceptors (Lipinski definition) is 7. The van der Waals surface area contributed by atoms with Gasteiger partial charge in [0.25, 0.3) is 5.89 Å².